The highest BCUT2D eigenvalue weighted by Crippen LogP contribution is 2.32. The lowest BCUT2D eigenvalue weighted by molar-refractivity contribution is -0.000857. The highest BCUT2D eigenvalue weighted by atomic mass is 16.3. The topological polar surface area (TPSA) is 75.3 Å². The van der Waals surface area contributed by atoms with Crippen molar-refractivity contribution in [2.75, 3.05) is 11.9 Å². The van der Waals surface area contributed by atoms with Gasteiger partial charge in [-0.1, -0.05) is 19.8 Å². The van der Waals surface area contributed by atoms with Crippen LogP contribution in [-0.4, -0.2) is 36.8 Å². The van der Waals surface area contributed by atoms with E-state index in [4.69, 9.17) is 0 Å². The first kappa shape index (κ1) is 13.3. The summed E-state index contributed by atoms with van der Waals surface area (Å²) in [4.78, 5) is 8.41. The van der Waals surface area contributed by atoms with E-state index in [2.05, 4.69) is 27.3 Å². The summed E-state index contributed by atoms with van der Waals surface area (Å²) in [6.45, 7) is 4.67. The fourth-order valence-corrected chi connectivity index (χ4v) is 3.10. The number of fused-ring (bicyclic) bond motifs is 1. The molecular formula is C14H21N5O. The Morgan fingerprint density at radius 1 is 1.55 bits per heavy atom. The maximum Gasteiger partial charge on any atom is 0.254 e. The first-order valence-electron chi connectivity index (χ1n) is 7.19. The van der Waals surface area contributed by atoms with E-state index >= 15 is 0 Å². The van der Waals surface area contributed by atoms with Gasteiger partial charge in [-0.15, -0.1) is 0 Å². The molecule has 1 aliphatic carbocycles. The third-order valence-corrected chi connectivity index (χ3v) is 4.05. The molecule has 108 valence electrons. The van der Waals surface area contributed by atoms with E-state index in [0.29, 0.717) is 18.2 Å². The summed E-state index contributed by atoms with van der Waals surface area (Å²) >= 11 is 0. The highest BCUT2D eigenvalue weighted by Gasteiger charge is 2.32. The molecule has 2 aromatic rings. The number of anilines is 1. The molecule has 0 saturated heterocycles. The van der Waals surface area contributed by atoms with Crippen LogP contribution in [0.25, 0.3) is 5.78 Å². The van der Waals surface area contributed by atoms with Crippen LogP contribution in [0.15, 0.2) is 12.4 Å². The second-order valence-corrected chi connectivity index (χ2v) is 6.03. The first-order chi connectivity index (χ1) is 9.56. The van der Waals surface area contributed by atoms with Crippen molar-refractivity contribution in [3.63, 3.8) is 0 Å². The fraction of sp³-hybridized carbons (Fsp3) is 0.643. The van der Waals surface area contributed by atoms with Crippen molar-refractivity contribution in [3.05, 3.63) is 18.1 Å². The highest BCUT2D eigenvalue weighted by molar-refractivity contribution is 5.44. The molecule has 2 N–H and O–H groups in total. The zero-order valence-corrected chi connectivity index (χ0v) is 12.0. The van der Waals surface area contributed by atoms with Gasteiger partial charge in [-0.2, -0.15) is 14.6 Å². The SMILES string of the molecule is Cc1cc(NCC2(O)CCCC(C)C2)n2ncnc2n1. The van der Waals surface area contributed by atoms with Crippen LogP contribution in [0.2, 0.25) is 0 Å². The molecule has 0 bridgehead atoms. The van der Waals surface area contributed by atoms with E-state index < -0.39 is 5.60 Å². The number of nitrogens with one attached hydrogen (secondary N) is 1. The van der Waals surface area contributed by atoms with Crippen LogP contribution in [0.1, 0.15) is 38.3 Å². The normalized spacial score (nSPS) is 26.9. The largest absolute Gasteiger partial charge is 0.388 e. The standard InChI is InChI=1S/C14H21N5O/c1-10-4-3-5-14(20,7-10)8-15-12-6-11(2)18-13-16-9-17-19(12)13/h6,9-10,15,20H,3-5,7-8H2,1-2H3. The van der Waals surface area contributed by atoms with Gasteiger partial charge in [0.05, 0.1) is 5.60 Å². The maximum atomic E-state index is 10.7. The Morgan fingerprint density at radius 2 is 2.40 bits per heavy atom. The van der Waals surface area contributed by atoms with Crippen molar-refractivity contribution in [2.24, 2.45) is 5.92 Å². The lowest BCUT2D eigenvalue weighted by Crippen LogP contribution is -2.41. The van der Waals surface area contributed by atoms with Gasteiger partial charge < -0.3 is 10.4 Å². The van der Waals surface area contributed by atoms with Crippen LogP contribution in [0.5, 0.6) is 0 Å². The molecule has 2 heterocycles. The van der Waals surface area contributed by atoms with E-state index in [9.17, 15) is 5.11 Å². The average molecular weight is 275 g/mol. The molecule has 1 aliphatic rings. The number of aromatic nitrogens is 4. The van der Waals surface area contributed by atoms with Crippen LogP contribution in [-0.2, 0) is 0 Å². The summed E-state index contributed by atoms with van der Waals surface area (Å²) in [6, 6.07) is 1.93. The molecule has 1 saturated carbocycles. The van der Waals surface area contributed by atoms with Crippen molar-refractivity contribution >= 4 is 11.6 Å². The van der Waals surface area contributed by atoms with Gasteiger partial charge in [-0.3, -0.25) is 0 Å². The van der Waals surface area contributed by atoms with Gasteiger partial charge in [-0.05, 0) is 25.7 Å². The predicted octanol–water partition coefficient (Wildman–Crippen LogP) is 1.79. The Morgan fingerprint density at radius 3 is 3.20 bits per heavy atom. The summed E-state index contributed by atoms with van der Waals surface area (Å²) < 4.78 is 1.67. The van der Waals surface area contributed by atoms with Crippen molar-refractivity contribution in [3.8, 4) is 0 Å². The Hall–Kier alpha value is -1.69. The third-order valence-electron chi connectivity index (χ3n) is 4.05. The first-order valence-corrected chi connectivity index (χ1v) is 7.19. The molecule has 20 heavy (non-hydrogen) atoms. The number of hydrogen-bond acceptors (Lipinski definition) is 5. The molecule has 0 radical (unpaired) electrons. The molecule has 0 spiro atoms. The van der Waals surface area contributed by atoms with Gasteiger partial charge in [0.15, 0.2) is 0 Å². The summed E-state index contributed by atoms with van der Waals surface area (Å²) in [5.41, 5.74) is 0.263. The molecule has 0 aliphatic heterocycles. The Bertz CT molecular complexity index is 611. The van der Waals surface area contributed by atoms with Gasteiger partial charge in [0, 0.05) is 18.3 Å². The second kappa shape index (κ2) is 5.01. The van der Waals surface area contributed by atoms with Crippen LogP contribution in [0.3, 0.4) is 0 Å². The molecule has 6 nitrogen and oxygen atoms in total. The van der Waals surface area contributed by atoms with Crippen molar-refractivity contribution < 1.29 is 5.11 Å². The fourth-order valence-electron chi connectivity index (χ4n) is 3.10. The summed E-state index contributed by atoms with van der Waals surface area (Å²) in [5.74, 6) is 1.99. The van der Waals surface area contributed by atoms with E-state index in [1.165, 1.54) is 12.7 Å². The smallest absolute Gasteiger partial charge is 0.254 e. The quantitative estimate of drug-likeness (QED) is 0.893. The van der Waals surface area contributed by atoms with Crippen LogP contribution in [0.4, 0.5) is 5.82 Å². The van der Waals surface area contributed by atoms with Gasteiger partial charge in [0.25, 0.3) is 5.78 Å². The summed E-state index contributed by atoms with van der Waals surface area (Å²) in [7, 11) is 0. The van der Waals surface area contributed by atoms with Crippen LogP contribution >= 0.6 is 0 Å². The Labute approximate surface area is 118 Å². The van der Waals surface area contributed by atoms with Crippen molar-refractivity contribution in [1.29, 1.82) is 0 Å². The molecule has 1 fully saturated rings. The molecule has 2 unspecified atom stereocenters. The number of rotatable bonds is 3. The van der Waals surface area contributed by atoms with Gasteiger partial charge >= 0.3 is 0 Å². The van der Waals surface area contributed by atoms with Crippen molar-refractivity contribution in [2.45, 2.75) is 45.1 Å². The van der Waals surface area contributed by atoms with E-state index in [1.807, 2.05) is 13.0 Å². The van der Waals surface area contributed by atoms with Crippen LogP contribution in [0, 0.1) is 12.8 Å². The van der Waals surface area contributed by atoms with Crippen LogP contribution < -0.4 is 5.32 Å². The number of aryl methyl sites for hydroxylation is 1. The average Bonchev–Trinajstić information content (AvgIpc) is 2.83. The summed E-state index contributed by atoms with van der Waals surface area (Å²) in [6.07, 6.45) is 5.50. The molecule has 0 amide bonds. The maximum absolute atomic E-state index is 10.7. The zero-order chi connectivity index (χ0) is 14.2. The minimum absolute atomic E-state index is 0.537. The second-order valence-electron chi connectivity index (χ2n) is 6.03. The Kier molecular flexibility index (Phi) is 3.33. The molecule has 6 heteroatoms. The van der Waals surface area contributed by atoms with Gasteiger partial charge in [0.2, 0.25) is 0 Å². The van der Waals surface area contributed by atoms with E-state index in [0.717, 1.165) is 30.8 Å². The number of hydrogen-bond donors (Lipinski definition) is 2. The van der Waals surface area contributed by atoms with Crippen molar-refractivity contribution in [1.82, 2.24) is 19.6 Å². The zero-order valence-electron chi connectivity index (χ0n) is 12.0. The molecule has 3 rings (SSSR count). The molecule has 2 atom stereocenters. The molecule has 0 aromatic carbocycles. The predicted molar refractivity (Wildman–Crippen MR) is 76.6 cm³/mol. The van der Waals surface area contributed by atoms with E-state index in [-0.39, 0.29) is 0 Å². The lowest BCUT2D eigenvalue weighted by atomic mass is 9.79. The minimum atomic E-state index is -0.623. The van der Waals surface area contributed by atoms with E-state index in [1.54, 1.807) is 4.52 Å². The lowest BCUT2D eigenvalue weighted by Gasteiger charge is -2.35. The minimum Gasteiger partial charge on any atom is -0.388 e. The van der Waals surface area contributed by atoms with Gasteiger partial charge in [-0.25, -0.2) is 4.98 Å². The van der Waals surface area contributed by atoms with Gasteiger partial charge in [0.1, 0.15) is 12.1 Å². The molecule has 2 aromatic heterocycles. The number of nitrogens with zero attached hydrogens (tertiary/aromatic N) is 4. The Balaban J connectivity index is 1.78. The summed E-state index contributed by atoms with van der Waals surface area (Å²) in [5, 5.41) is 18.1. The molecular weight excluding hydrogens is 254 g/mol. The monoisotopic (exact) mass is 275 g/mol. The third kappa shape index (κ3) is 2.60. The number of aliphatic hydroxyl groups is 1.